The highest BCUT2D eigenvalue weighted by Gasteiger charge is 2.30. The van der Waals surface area contributed by atoms with Gasteiger partial charge in [0.25, 0.3) is 0 Å². The monoisotopic (exact) mass is 399 g/mol. The lowest BCUT2D eigenvalue weighted by Crippen LogP contribution is -2.49. The number of carboxylic acid groups (broad SMARTS) is 1. The fourth-order valence-electron chi connectivity index (χ4n) is 1.50. The molecule has 0 radical (unpaired) electrons. The summed E-state index contributed by atoms with van der Waals surface area (Å²) < 4.78 is 5.02. The molecule has 0 aliphatic rings. The molecule has 0 saturated carbocycles. The molecule has 0 heterocycles. The van der Waals surface area contributed by atoms with Crippen molar-refractivity contribution in [2.75, 3.05) is 12.3 Å². The molecule has 0 saturated heterocycles. The minimum Gasteiger partial charge on any atom is -0.480 e. The first kappa shape index (κ1) is 26.3. The number of hydrogen-bond donors (Lipinski definition) is 3. The van der Waals surface area contributed by atoms with Gasteiger partial charge in [-0.25, -0.2) is 4.79 Å². The van der Waals surface area contributed by atoms with Gasteiger partial charge in [0.05, 0.1) is 0 Å². The van der Waals surface area contributed by atoms with Crippen LogP contribution in [-0.4, -0.2) is 47.0 Å². The van der Waals surface area contributed by atoms with E-state index < -0.39 is 46.2 Å². The van der Waals surface area contributed by atoms with E-state index in [1.807, 2.05) is 13.8 Å². The Kier molecular flexibility index (Phi) is 12.1. The molecule has 0 aromatic heterocycles. The van der Waals surface area contributed by atoms with Gasteiger partial charge in [0.15, 0.2) is 0 Å². The summed E-state index contributed by atoms with van der Waals surface area (Å²) in [5.41, 5.74) is -0.826. The van der Waals surface area contributed by atoms with Crippen molar-refractivity contribution in [3.05, 3.63) is 0 Å². The molecule has 0 aliphatic heterocycles. The molecule has 11 heteroatoms. The van der Waals surface area contributed by atoms with Crippen LogP contribution in [0, 0.1) is 32.0 Å². The van der Waals surface area contributed by atoms with E-state index in [9.17, 15) is 14.4 Å². The van der Waals surface area contributed by atoms with Crippen molar-refractivity contribution in [1.29, 1.82) is 15.8 Å². The smallest absolute Gasteiger partial charge is 0.408 e. The molecule has 1 atom stereocenters. The van der Waals surface area contributed by atoms with Gasteiger partial charge < -0.3 is 20.5 Å². The summed E-state index contributed by atoms with van der Waals surface area (Å²) in [4.78, 5) is 34.4. The number of carboxylic acids is 1. The fraction of sp³-hybridized carbons (Fsp3) is 0.625. The lowest BCUT2D eigenvalue weighted by Gasteiger charge is -2.24. The molecule has 0 unspecified atom stereocenters. The average molecular weight is 399 g/mol. The zero-order chi connectivity index (χ0) is 21.7. The summed E-state index contributed by atoms with van der Waals surface area (Å²) >= 11 is 0. The van der Waals surface area contributed by atoms with Crippen molar-refractivity contribution >= 4 is 28.0 Å². The summed E-state index contributed by atoms with van der Waals surface area (Å²) in [6, 6.07) is -1.25. The fourth-order valence-corrected chi connectivity index (χ4v) is 2.48. The van der Waals surface area contributed by atoms with Crippen LogP contribution in [-0.2, 0) is 14.3 Å². The Balaban J connectivity index is 0. The molecular formula is C16H25N5O5S. The predicted molar refractivity (Wildman–Crippen MR) is 99.1 cm³/mol. The molecule has 0 aromatic carbocycles. The van der Waals surface area contributed by atoms with Gasteiger partial charge in [-0.05, 0) is 27.2 Å². The van der Waals surface area contributed by atoms with Crippen LogP contribution in [0.15, 0.2) is 0 Å². The molecule has 0 bridgehead atoms. The van der Waals surface area contributed by atoms with E-state index in [4.69, 9.17) is 25.6 Å². The van der Waals surface area contributed by atoms with Crippen LogP contribution in [0.3, 0.4) is 0 Å². The van der Waals surface area contributed by atoms with Gasteiger partial charge in [-0.15, -0.1) is 0 Å². The van der Waals surface area contributed by atoms with Crippen LogP contribution in [0.2, 0.25) is 0 Å². The Labute approximate surface area is 160 Å². The number of aliphatic carboxylic acids is 1. The van der Waals surface area contributed by atoms with Crippen LogP contribution in [0.25, 0.3) is 0 Å². The van der Waals surface area contributed by atoms with Gasteiger partial charge in [-0.2, -0.15) is 15.8 Å². The first-order chi connectivity index (χ1) is 12.5. The minimum absolute atomic E-state index is 0.200. The number of nitriles is 3. The van der Waals surface area contributed by atoms with Crippen molar-refractivity contribution in [3.63, 3.8) is 0 Å². The standard InChI is InChI=1S/C14H19N5O5S.C2H6/c1-14(2,3)24-13(23)19-10(12(22)18-6-11(20)21)4-5-25(7-15,8-16)9-17;1-2/h10H,4-6H2,1-3H3,(H,18,22)(H,19,23)(H,20,21);1-2H3/t10-;/m0./s1. The highest BCUT2D eigenvalue weighted by molar-refractivity contribution is 8.44. The number of amides is 2. The van der Waals surface area contributed by atoms with Crippen molar-refractivity contribution < 1.29 is 24.2 Å². The van der Waals surface area contributed by atoms with Crippen LogP contribution >= 0.6 is 10.0 Å². The number of rotatable bonds is 7. The minimum atomic E-state index is -2.91. The summed E-state index contributed by atoms with van der Waals surface area (Å²) in [5.74, 6) is -2.34. The topological polar surface area (TPSA) is 176 Å². The lowest BCUT2D eigenvalue weighted by molar-refractivity contribution is -0.138. The van der Waals surface area contributed by atoms with Gasteiger partial charge in [-0.3, -0.25) is 9.59 Å². The van der Waals surface area contributed by atoms with E-state index in [1.165, 1.54) is 0 Å². The third-order valence-electron chi connectivity index (χ3n) is 2.60. The lowest BCUT2D eigenvalue weighted by atomic mass is 10.2. The molecule has 0 spiro atoms. The number of carbonyl (C=O) groups is 3. The number of nitrogens with zero attached hydrogens (tertiary/aromatic N) is 3. The van der Waals surface area contributed by atoms with Gasteiger partial charge in [0.2, 0.25) is 5.91 Å². The van der Waals surface area contributed by atoms with E-state index in [0.29, 0.717) is 0 Å². The Hall–Kier alpha value is -2.97. The van der Waals surface area contributed by atoms with Crippen molar-refractivity contribution in [1.82, 2.24) is 10.6 Å². The molecule has 2 amide bonds. The number of hydrogen-bond acceptors (Lipinski definition) is 7. The maximum Gasteiger partial charge on any atom is 0.408 e. The second-order valence-corrected chi connectivity index (χ2v) is 8.25. The number of nitrogens with one attached hydrogen (secondary N) is 2. The maximum atomic E-state index is 12.0. The maximum absolute atomic E-state index is 12.0. The van der Waals surface area contributed by atoms with Crippen LogP contribution in [0.5, 0.6) is 0 Å². The Morgan fingerprint density at radius 3 is 1.96 bits per heavy atom. The average Bonchev–Trinajstić information content (AvgIpc) is 2.60. The third-order valence-corrected chi connectivity index (χ3v) is 4.38. The first-order valence-electron chi connectivity index (χ1n) is 8.01. The normalized spacial score (nSPS) is 11.8. The summed E-state index contributed by atoms with van der Waals surface area (Å²) in [6.07, 6.45) is -1.12. The number of alkyl carbamates (subject to hydrolysis) is 1. The highest BCUT2D eigenvalue weighted by Crippen LogP contribution is 2.44. The van der Waals surface area contributed by atoms with Crippen LogP contribution in [0.4, 0.5) is 4.79 Å². The summed E-state index contributed by atoms with van der Waals surface area (Å²) in [6.45, 7) is 8.17. The second kappa shape index (κ2) is 12.4. The zero-order valence-corrected chi connectivity index (χ0v) is 16.8. The Bertz CT molecular complexity index is 618. The third kappa shape index (κ3) is 11.3. The largest absolute Gasteiger partial charge is 0.480 e. The number of ether oxygens (including phenoxy) is 1. The molecule has 27 heavy (non-hydrogen) atoms. The molecule has 0 rings (SSSR count). The van der Waals surface area contributed by atoms with E-state index >= 15 is 0 Å². The van der Waals surface area contributed by atoms with Crippen molar-refractivity contribution in [3.8, 4) is 16.2 Å². The second-order valence-electron chi connectivity index (χ2n) is 5.82. The number of thiocyanates is 3. The Morgan fingerprint density at radius 2 is 1.59 bits per heavy atom. The summed E-state index contributed by atoms with van der Waals surface area (Å²) in [7, 11) is -2.91. The molecule has 150 valence electrons. The van der Waals surface area contributed by atoms with E-state index in [2.05, 4.69) is 10.6 Å². The Morgan fingerprint density at radius 1 is 1.11 bits per heavy atom. The molecule has 0 fully saturated rings. The molecule has 3 N–H and O–H groups in total. The quantitative estimate of drug-likeness (QED) is 0.542. The summed E-state index contributed by atoms with van der Waals surface area (Å²) in [5, 5.41) is 44.9. The molecule has 0 aromatic rings. The van der Waals surface area contributed by atoms with E-state index in [0.717, 1.165) is 0 Å². The molecule has 10 nitrogen and oxygen atoms in total. The molecule has 0 aliphatic carbocycles. The van der Waals surface area contributed by atoms with Crippen LogP contribution < -0.4 is 10.6 Å². The number of carbonyl (C=O) groups excluding carboxylic acids is 2. The van der Waals surface area contributed by atoms with Gasteiger partial charge >= 0.3 is 12.1 Å². The van der Waals surface area contributed by atoms with Crippen molar-refractivity contribution in [2.45, 2.75) is 52.7 Å². The predicted octanol–water partition coefficient (Wildman–Crippen LogP) is 1.74. The van der Waals surface area contributed by atoms with E-state index in [1.54, 1.807) is 37.0 Å². The SMILES string of the molecule is CC.CC(C)(C)OC(=O)N[C@@H](CCS(C#N)(C#N)C#N)C(=O)NCC(=O)O. The first-order valence-corrected chi connectivity index (χ1v) is 9.81. The zero-order valence-electron chi connectivity index (χ0n) is 16.0. The molecular weight excluding hydrogens is 374 g/mol. The van der Waals surface area contributed by atoms with Crippen molar-refractivity contribution in [2.24, 2.45) is 0 Å². The van der Waals surface area contributed by atoms with Gasteiger partial charge in [0, 0.05) is 15.8 Å². The van der Waals surface area contributed by atoms with Crippen LogP contribution in [0.1, 0.15) is 41.0 Å². The highest BCUT2D eigenvalue weighted by atomic mass is 32.3. The van der Waals surface area contributed by atoms with Gasteiger partial charge in [-0.1, -0.05) is 13.8 Å². The van der Waals surface area contributed by atoms with Gasteiger partial charge in [0.1, 0.15) is 34.4 Å². The van der Waals surface area contributed by atoms with E-state index in [-0.39, 0.29) is 12.2 Å².